The van der Waals surface area contributed by atoms with Crippen LogP contribution in [0.2, 0.25) is 0 Å². The molecular formula is C16H25N. The molecule has 1 N–H and O–H groups in total. The Labute approximate surface area is 106 Å². The number of rotatable bonds is 4. The lowest BCUT2D eigenvalue weighted by Gasteiger charge is -2.29. The van der Waals surface area contributed by atoms with Gasteiger partial charge in [0.2, 0.25) is 0 Å². The molecule has 1 aromatic rings. The van der Waals surface area contributed by atoms with E-state index in [0.717, 1.165) is 0 Å². The van der Waals surface area contributed by atoms with E-state index in [1.807, 2.05) is 0 Å². The molecule has 1 aromatic carbocycles. The first-order valence-electron chi connectivity index (χ1n) is 6.98. The molecule has 1 saturated carbocycles. The van der Waals surface area contributed by atoms with E-state index in [1.165, 1.54) is 43.4 Å². The normalized spacial score (nSPS) is 22.6. The van der Waals surface area contributed by atoms with E-state index in [9.17, 15) is 0 Å². The van der Waals surface area contributed by atoms with Crippen LogP contribution in [0, 0.1) is 5.41 Å². The van der Waals surface area contributed by atoms with Crippen molar-refractivity contribution in [3.8, 4) is 0 Å². The summed E-state index contributed by atoms with van der Waals surface area (Å²) in [5.74, 6) is 0. The molecule has 1 heteroatoms. The van der Waals surface area contributed by atoms with E-state index < -0.39 is 0 Å². The molecule has 1 unspecified atom stereocenters. The van der Waals surface area contributed by atoms with Gasteiger partial charge in [0.05, 0.1) is 0 Å². The quantitative estimate of drug-likeness (QED) is 0.796. The average molecular weight is 231 g/mol. The third-order valence-corrected chi connectivity index (χ3v) is 4.12. The highest BCUT2D eigenvalue weighted by Crippen LogP contribution is 2.39. The Kier molecular flexibility index (Phi) is 3.76. The Bertz CT molecular complexity index is 368. The molecule has 0 radical (unpaired) electrons. The molecule has 2 rings (SSSR count). The number of anilines is 1. The first-order chi connectivity index (χ1) is 8.13. The average Bonchev–Trinajstić information content (AvgIpc) is 2.61. The van der Waals surface area contributed by atoms with Crippen LogP contribution < -0.4 is 5.32 Å². The predicted molar refractivity (Wildman–Crippen MR) is 75.5 cm³/mol. The summed E-state index contributed by atoms with van der Waals surface area (Å²) in [6.07, 6.45) is 6.41. The van der Waals surface area contributed by atoms with Crippen LogP contribution in [-0.4, -0.2) is 6.04 Å². The Balaban J connectivity index is 2.12. The fourth-order valence-electron chi connectivity index (χ4n) is 2.93. The molecule has 1 aliphatic rings. The maximum Gasteiger partial charge on any atom is 0.0375 e. The van der Waals surface area contributed by atoms with Crippen LogP contribution in [0.4, 0.5) is 5.69 Å². The minimum absolute atomic E-state index is 0.444. The highest BCUT2D eigenvalue weighted by atomic mass is 14.9. The molecule has 0 heterocycles. The fraction of sp³-hybridized carbons (Fsp3) is 0.625. The second-order valence-corrected chi connectivity index (χ2v) is 5.98. The minimum Gasteiger partial charge on any atom is -0.382 e. The van der Waals surface area contributed by atoms with Crippen molar-refractivity contribution in [1.29, 1.82) is 0 Å². The predicted octanol–water partition coefficient (Wildman–Crippen LogP) is 4.63. The molecule has 1 fully saturated rings. The lowest BCUT2D eigenvalue weighted by molar-refractivity contribution is 0.350. The van der Waals surface area contributed by atoms with Crippen molar-refractivity contribution >= 4 is 5.69 Å². The second-order valence-electron chi connectivity index (χ2n) is 5.98. The van der Waals surface area contributed by atoms with Crippen molar-refractivity contribution in [1.82, 2.24) is 0 Å². The monoisotopic (exact) mass is 231 g/mol. The third kappa shape index (κ3) is 2.83. The number of para-hydroxylation sites is 1. The van der Waals surface area contributed by atoms with E-state index in [0.29, 0.717) is 11.5 Å². The Morgan fingerprint density at radius 2 is 2.06 bits per heavy atom. The van der Waals surface area contributed by atoms with Gasteiger partial charge in [0, 0.05) is 11.7 Å². The van der Waals surface area contributed by atoms with Gasteiger partial charge in [-0.25, -0.2) is 0 Å². The van der Waals surface area contributed by atoms with E-state index in [4.69, 9.17) is 0 Å². The van der Waals surface area contributed by atoms with E-state index in [2.05, 4.69) is 50.4 Å². The van der Waals surface area contributed by atoms with Crippen molar-refractivity contribution in [3.05, 3.63) is 29.8 Å². The Hall–Kier alpha value is -0.980. The zero-order chi connectivity index (χ0) is 12.3. The molecule has 0 aromatic heterocycles. The second kappa shape index (κ2) is 5.12. The van der Waals surface area contributed by atoms with Gasteiger partial charge < -0.3 is 5.32 Å². The molecule has 0 saturated heterocycles. The van der Waals surface area contributed by atoms with Gasteiger partial charge in [0.25, 0.3) is 0 Å². The number of nitrogens with one attached hydrogen (secondary N) is 1. The molecular weight excluding hydrogens is 206 g/mol. The molecule has 0 bridgehead atoms. The first-order valence-corrected chi connectivity index (χ1v) is 6.98. The molecule has 17 heavy (non-hydrogen) atoms. The summed E-state index contributed by atoms with van der Waals surface area (Å²) < 4.78 is 0. The van der Waals surface area contributed by atoms with Crippen molar-refractivity contribution in [3.63, 3.8) is 0 Å². The zero-order valence-electron chi connectivity index (χ0n) is 11.4. The highest BCUT2D eigenvalue weighted by Gasteiger charge is 2.34. The molecule has 1 atom stereocenters. The fourth-order valence-corrected chi connectivity index (χ4v) is 2.93. The van der Waals surface area contributed by atoms with Crippen LogP contribution in [0.3, 0.4) is 0 Å². The van der Waals surface area contributed by atoms with Gasteiger partial charge in [-0.3, -0.25) is 0 Å². The lowest BCUT2D eigenvalue weighted by atomic mass is 9.87. The van der Waals surface area contributed by atoms with Gasteiger partial charge in [-0.1, -0.05) is 51.8 Å². The van der Waals surface area contributed by atoms with Crippen LogP contribution in [0.5, 0.6) is 0 Å². The maximum atomic E-state index is 3.78. The third-order valence-electron chi connectivity index (χ3n) is 4.12. The van der Waals surface area contributed by atoms with Gasteiger partial charge in [-0.15, -0.1) is 0 Å². The Morgan fingerprint density at radius 1 is 1.29 bits per heavy atom. The zero-order valence-corrected chi connectivity index (χ0v) is 11.4. The van der Waals surface area contributed by atoms with Crippen molar-refractivity contribution in [2.45, 2.75) is 58.9 Å². The van der Waals surface area contributed by atoms with Gasteiger partial charge in [-0.2, -0.15) is 0 Å². The van der Waals surface area contributed by atoms with Crippen LogP contribution in [-0.2, 0) is 6.42 Å². The summed E-state index contributed by atoms with van der Waals surface area (Å²) in [6.45, 7) is 7.02. The summed E-state index contributed by atoms with van der Waals surface area (Å²) in [5.41, 5.74) is 3.27. The summed E-state index contributed by atoms with van der Waals surface area (Å²) in [7, 11) is 0. The van der Waals surface area contributed by atoms with Crippen LogP contribution in [0.25, 0.3) is 0 Å². The number of benzene rings is 1. The smallest absolute Gasteiger partial charge is 0.0375 e. The molecule has 0 spiro atoms. The molecule has 1 nitrogen and oxygen atoms in total. The summed E-state index contributed by atoms with van der Waals surface area (Å²) in [5, 5.41) is 3.78. The number of hydrogen-bond donors (Lipinski definition) is 1. The van der Waals surface area contributed by atoms with Crippen molar-refractivity contribution in [2.24, 2.45) is 5.41 Å². The van der Waals surface area contributed by atoms with Crippen LogP contribution >= 0.6 is 0 Å². The number of hydrogen-bond acceptors (Lipinski definition) is 1. The van der Waals surface area contributed by atoms with E-state index in [1.54, 1.807) is 0 Å². The number of aryl methyl sites for hydroxylation is 1. The lowest BCUT2D eigenvalue weighted by Crippen LogP contribution is -2.31. The van der Waals surface area contributed by atoms with E-state index in [-0.39, 0.29) is 0 Å². The maximum absolute atomic E-state index is 3.78. The highest BCUT2D eigenvalue weighted by molar-refractivity contribution is 5.52. The SMILES string of the molecule is CCCc1ccccc1NC1CCCC1(C)C. The minimum atomic E-state index is 0.444. The standard InChI is InChI=1S/C16H25N/c1-4-8-13-9-5-6-10-14(13)17-15-11-7-12-16(15,2)3/h5-6,9-10,15,17H,4,7-8,11-12H2,1-3H3. The van der Waals surface area contributed by atoms with Crippen molar-refractivity contribution < 1.29 is 0 Å². The van der Waals surface area contributed by atoms with Crippen molar-refractivity contribution in [2.75, 3.05) is 5.32 Å². The summed E-state index contributed by atoms with van der Waals surface area (Å²) >= 11 is 0. The molecule has 94 valence electrons. The molecule has 1 aliphatic carbocycles. The molecule has 0 amide bonds. The molecule has 0 aliphatic heterocycles. The summed E-state index contributed by atoms with van der Waals surface area (Å²) in [6, 6.07) is 9.42. The van der Waals surface area contributed by atoms with Gasteiger partial charge in [0.15, 0.2) is 0 Å². The van der Waals surface area contributed by atoms with Crippen LogP contribution in [0.1, 0.15) is 52.0 Å². The van der Waals surface area contributed by atoms with Crippen LogP contribution in [0.15, 0.2) is 24.3 Å². The van der Waals surface area contributed by atoms with Gasteiger partial charge in [-0.05, 0) is 36.3 Å². The summed E-state index contributed by atoms with van der Waals surface area (Å²) in [4.78, 5) is 0. The Morgan fingerprint density at radius 3 is 2.71 bits per heavy atom. The van der Waals surface area contributed by atoms with Gasteiger partial charge in [0.1, 0.15) is 0 Å². The largest absolute Gasteiger partial charge is 0.382 e. The topological polar surface area (TPSA) is 12.0 Å². The first kappa shape index (κ1) is 12.5. The van der Waals surface area contributed by atoms with E-state index >= 15 is 0 Å². The van der Waals surface area contributed by atoms with Gasteiger partial charge >= 0.3 is 0 Å².